The molecule has 0 aliphatic carbocycles. The van der Waals surface area contributed by atoms with Gasteiger partial charge < -0.3 is 0 Å². The van der Waals surface area contributed by atoms with Crippen molar-refractivity contribution in [2.45, 2.75) is 67.7 Å². The van der Waals surface area contributed by atoms with Crippen LogP contribution in [0.25, 0.3) is 0 Å². The number of hydrogen-bond donors (Lipinski definition) is 0. The molecule has 0 atom stereocenters. The Morgan fingerprint density at radius 3 is 1.67 bits per heavy atom. The molecule has 76 valence electrons. The van der Waals surface area contributed by atoms with Gasteiger partial charge in [-0.3, -0.25) is 0 Å². The van der Waals surface area contributed by atoms with Crippen molar-refractivity contribution in [3.05, 3.63) is 11.6 Å². The Labute approximate surface area is 80.1 Å². The van der Waals surface area contributed by atoms with Gasteiger partial charge in [0.25, 0.3) is 0 Å². The fraction of sp³-hybridized carbons (Fsp3) is 0.833. The summed E-state index contributed by atoms with van der Waals surface area (Å²) in [4.78, 5) is 0. The van der Waals surface area contributed by atoms with Gasteiger partial charge >= 0.3 is 0 Å². The van der Waals surface area contributed by atoms with E-state index in [9.17, 15) is 0 Å². The van der Waals surface area contributed by atoms with Crippen molar-refractivity contribution in [1.82, 2.24) is 0 Å². The van der Waals surface area contributed by atoms with Gasteiger partial charge in [0, 0.05) is 0 Å². The molecule has 0 amide bonds. The largest absolute Gasteiger partial charge is 0.0859 e. The highest BCUT2D eigenvalue weighted by Gasteiger charge is 1.77. The summed E-state index contributed by atoms with van der Waals surface area (Å²) in [6.07, 6.45) is 6.21. The third kappa shape index (κ3) is 33.1. The van der Waals surface area contributed by atoms with Crippen LogP contribution in [0.5, 0.6) is 0 Å². The SMILES string of the molecule is CC.CC.CCCCC=C(C)C. The molecule has 0 unspecified atom stereocenters. The van der Waals surface area contributed by atoms with Crippen molar-refractivity contribution in [1.29, 1.82) is 0 Å². The lowest BCUT2D eigenvalue weighted by molar-refractivity contribution is 0.811. The van der Waals surface area contributed by atoms with E-state index in [0.717, 1.165) is 0 Å². The first-order chi connectivity index (χ1) is 5.77. The standard InChI is InChI=1S/C8H16.2C2H6/c1-4-5-6-7-8(2)3;2*1-2/h7H,4-6H2,1-3H3;2*1-2H3. The molecule has 0 aromatic carbocycles. The van der Waals surface area contributed by atoms with E-state index < -0.39 is 0 Å². The predicted octanol–water partition coefficient (Wildman–Crippen LogP) is 5.20. The van der Waals surface area contributed by atoms with Gasteiger partial charge in [-0.1, -0.05) is 59.1 Å². The minimum atomic E-state index is 1.26. The molecule has 0 aliphatic rings. The van der Waals surface area contributed by atoms with Crippen molar-refractivity contribution in [3.63, 3.8) is 0 Å². The summed E-state index contributed by atoms with van der Waals surface area (Å²) >= 11 is 0. The molecule has 12 heavy (non-hydrogen) atoms. The molecule has 0 heterocycles. The van der Waals surface area contributed by atoms with Gasteiger partial charge in [-0.15, -0.1) is 0 Å². The van der Waals surface area contributed by atoms with Crippen LogP contribution in [-0.4, -0.2) is 0 Å². The van der Waals surface area contributed by atoms with Crippen LogP contribution in [0.15, 0.2) is 11.6 Å². The summed E-state index contributed by atoms with van der Waals surface area (Å²) in [7, 11) is 0. The van der Waals surface area contributed by atoms with Crippen LogP contribution in [0.3, 0.4) is 0 Å². The Kier molecular flexibility index (Phi) is 33.1. The highest BCUT2D eigenvalue weighted by molar-refractivity contribution is 4.92. The molecule has 0 fully saturated rings. The zero-order valence-electron chi connectivity index (χ0n) is 10.2. The second-order valence-corrected chi connectivity index (χ2v) is 2.42. The molecule has 0 aromatic heterocycles. The van der Waals surface area contributed by atoms with Gasteiger partial charge in [0.15, 0.2) is 0 Å². The summed E-state index contributed by atoms with van der Waals surface area (Å²) in [6.45, 7) is 14.5. The summed E-state index contributed by atoms with van der Waals surface area (Å²) in [5.74, 6) is 0. The van der Waals surface area contributed by atoms with E-state index in [1.807, 2.05) is 27.7 Å². The molecule has 0 saturated heterocycles. The first kappa shape index (κ1) is 17.7. The maximum atomic E-state index is 2.30. The van der Waals surface area contributed by atoms with Crippen molar-refractivity contribution >= 4 is 0 Å². The van der Waals surface area contributed by atoms with E-state index in [2.05, 4.69) is 26.8 Å². The van der Waals surface area contributed by atoms with E-state index in [-0.39, 0.29) is 0 Å². The quantitative estimate of drug-likeness (QED) is 0.405. The second kappa shape index (κ2) is 22.4. The second-order valence-electron chi connectivity index (χ2n) is 2.42. The van der Waals surface area contributed by atoms with Crippen molar-refractivity contribution in [2.24, 2.45) is 0 Å². The average molecular weight is 172 g/mol. The van der Waals surface area contributed by atoms with Gasteiger partial charge in [-0.2, -0.15) is 0 Å². The maximum absolute atomic E-state index is 2.30. The molecule has 0 N–H and O–H groups in total. The lowest BCUT2D eigenvalue weighted by Gasteiger charge is -1.89. The zero-order valence-corrected chi connectivity index (χ0v) is 10.2. The lowest BCUT2D eigenvalue weighted by Crippen LogP contribution is -1.68. The van der Waals surface area contributed by atoms with Crippen LogP contribution in [0.1, 0.15) is 67.7 Å². The summed E-state index contributed by atoms with van der Waals surface area (Å²) in [5, 5.41) is 0. The number of hydrogen-bond acceptors (Lipinski definition) is 0. The molecule has 0 nitrogen and oxygen atoms in total. The Morgan fingerprint density at radius 1 is 1.00 bits per heavy atom. The third-order valence-corrected chi connectivity index (χ3v) is 1.11. The summed E-state index contributed by atoms with van der Waals surface area (Å²) in [5.41, 5.74) is 1.44. The monoisotopic (exact) mass is 172 g/mol. The minimum Gasteiger partial charge on any atom is -0.0859 e. The Balaban J connectivity index is -0.000000175. The van der Waals surface area contributed by atoms with Crippen LogP contribution in [0.4, 0.5) is 0 Å². The Hall–Kier alpha value is -0.260. The highest BCUT2D eigenvalue weighted by atomic mass is 13.8. The number of allylic oxidation sites excluding steroid dienone is 2. The van der Waals surface area contributed by atoms with Gasteiger partial charge in [-0.05, 0) is 20.3 Å². The van der Waals surface area contributed by atoms with E-state index in [1.54, 1.807) is 0 Å². The molecular formula is C12H28. The van der Waals surface area contributed by atoms with Gasteiger partial charge in [0.1, 0.15) is 0 Å². The average Bonchev–Trinajstić information content (AvgIpc) is 2.12. The molecule has 0 bridgehead atoms. The van der Waals surface area contributed by atoms with Crippen LogP contribution in [-0.2, 0) is 0 Å². The van der Waals surface area contributed by atoms with E-state index in [4.69, 9.17) is 0 Å². The predicted molar refractivity (Wildman–Crippen MR) is 61.7 cm³/mol. The molecule has 0 spiro atoms. The van der Waals surface area contributed by atoms with Crippen molar-refractivity contribution in [2.75, 3.05) is 0 Å². The molecule has 0 saturated carbocycles. The topological polar surface area (TPSA) is 0 Å². The lowest BCUT2D eigenvalue weighted by atomic mass is 10.2. The van der Waals surface area contributed by atoms with Crippen LogP contribution >= 0.6 is 0 Å². The fourth-order valence-corrected chi connectivity index (χ4v) is 0.595. The molecule has 0 radical (unpaired) electrons. The normalized spacial score (nSPS) is 6.92. The first-order valence-corrected chi connectivity index (χ1v) is 5.40. The number of rotatable bonds is 3. The summed E-state index contributed by atoms with van der Waals surface area (Å²) < 4.78 is 0. The smallest absolute Gasteiger partial charge is 0.0348 e. The van der Waals surface area contributed by atoms with Crippen LogP contribution < -0.4 is 0 Å². The maximum Gasteiger partial charge on any atom is -0.0348 e. The van der Waals surface area contributed by atoms with Gasteiger partial charge in [0.05, 0.1) is 0 Å². The van der Waals surface area contributed by atoms with Gasteiger partial charge in [-0.25, -0.2) is 0 Å². The number of unbranched alkanes of at least 4 members (excludes halogenated alkanes) is 2. The van der Waals surface area contributed by atoms with E-state index >= 15 is 0 Å². The minimum absolute atomic E-state index is 1.26. The van der Waals surface area contributed by atoms with E-state index in [0.29, 0.717) is 0 Å². The Bertz CT molecular complexity index is 66.1. The summed E-state index contributed by atoms with van der Waals surface area (Å²) in [6, 6.07) is 0. The van der Waals surface area contributed by atoms with E-state index in [1.165, 1.54) is 24.8 Å². The molecule has 0 heteroatoms. The Morgan fingerprint density at radius 2 is 1.42 bits per heavy atom. The van der Waals surface area contributed by atoms with Crippen LogP contribution in [0, 0.1) is 0 Å². The third-order valence-electron chi connectivity index (χ3n) is 1.11. The van der Waals surface area contributed by atoms with Crippen molar-refractivity contribution < 1.29 is 0 Å². The van der Waals surface area contributed by atoms with Crippen molar-refractivity contribution in [3.8, 4) is 0 Å². The molecule has 0 aromatic rings. The highest BCUT2D eigenvalue weighted by Crippen LogP contribution is 1.98. The molecular weight excluding hydrogens is 144 g/mol. The zero-order chi connectivity index (χ0) is 10.4. The van der Waals surface area contributed by atoms with Crippen LogP contribution in [0.2, 0.25) is 0 Å². The fourth-order valence-electron chi connectivity index (χ4n) is 0.595. The molecule has 0 rings (SSSR count). The molecule has 0 aliphatic heterocycles. The van der Waals surface area contributed by atoms with Gasteiger partial charge in [0.2, 0.25) is 0 Å². The first-order valence-electron chi connectivity index (χ1n) is 5.40.